The van der Waals surface area contributed by atoms with Gasteiger partial charge in [0.15, 0.2) is 0 Å². The van der Waals surface area contributed by atoms with Crippen LogP contribution in [0, 0.1) is 12.7 Å². The molecule has 0 aliphatic rings. The average molecular weight is 241 g/mol. The number of halogens is 1. The van der Waals surface area contributed by atoms with Crippen LogP contribution in [-0.2, 0) is 9.47 Å². The number of ether oxygens (including phenoxy) is 2. The molecule has 0 saturated carbocycles. The van der Waals surface area contributed by atoms with Gasteiger partial charge in [-0.2, -0.15) is 0 Å². The summed E-state index contributed by atoms with van der Waals surface area (Å²) in [5.74, 6) is -1.11. The quantitative estimate of drug-likeness (QED) is 0.486. The molecular weight excluding hydrogens is 225 g/mol. The fourth-order valence-electron chi connectivity index (χ4n) is 1.24. The third kappa shape index (κ3) is 3.71. The maximum atomic E-state index is 13.3. The van der Waals surface area contributed by atoms with E-state index >= 15 is 0 Å². The molecule has 94 valence electrons. The van der Waals surface area contributed by atoms with Gasteiger partial charge >= 0.3 is 5.97 Å². The topological polar surface area (TPSA) is 61.5 Å². The number of hydrogen-bond donors (Lipinski definition) is 1. The summed E-state index contributed by atoms with van der Waals surface area (Å²) in [7, 11) is 0. The third-order valence-electron chi connectivity index (χ3n) is 2.29. The standard InChI is InChI=1S/C12H16FNO3/c1-3-16-4-5-17-12(15)9-6-10(13)8(2)11(14)7-9/h6-7H,3-5,14H2,1-2H3. The van der Waals surface area contributed by atoms with Crippen molar-refractivity contribution >= 4 is 11.7 Å². The van der Waals surface area contributed by atoms with Gasteiger partial charge in [-0.3, -0.25) is 0 Å². The highest BCUT2D eigenvalue weighted by molar-refractivity contribution is 5.90. The van der Waals surface area contributed by atoms with E-state index in [1.807, 2.05) is 6.92 Å². The van der Waals surface area contributed by atoms with Crippen molar-refractivity contribution in [3.05, 3.63) is 29.1 Å². The van der Waals surface area contributed by atoms with Crippen molar-refractivity contribution in [1.82, 2.24) is 0 Å². The Morgan fingerprint density at radius 3 is 2.71 bits per heavy atom. The first-order valence-corrected chi connectivity index (χ1v) is 5.36. The Hall–Kier alpha value is -1.62. The molecule has 0 unspecified atom stereocenters. The number of esters is 1. The maximum absolute atomic E-state index is 13.3. The lowest BCUT2D eigenvalue weighted by molar-refractivity contribution is 0.0335. The molecule has 0 saturated heterocycles. The number of anilines is 1. The molecule has 5 heteroatoms. The monoisotopic (exact) mass is 241 g/mol. The van der Waals surface area contributed by atoms with Gasteiger partial charge in [-0.1, -0.05) is 0 Å². The van der Waals surface area contributed by atoms with Crippen molar-refractivity contribution in [3.8, 4) is 0 Å². The first kappa shape index (κ1) is 13.4. The van der Waals surface area contributed by atoms with Gasteiger partial charge in [0.2, 0.25) is 0 Å². The van der Waals surface area contributed by atoms with Crippen LogP contribution in [-0.4, -0.2) is 25.8 Å². The summed E-state index contributed by atoms with van der Waals surface area (Å²) in [5, 5.41) is 0. The van der Waals surface area contributed by atoms with Crippen LogP contribution in [0.3, 0.4) is 0 Å². The molecule has 0 radical (unpaired) electrons. The molecule has 1 rings (SSSR count). The van der Waals surface area contributed by atoms with E-state index in [2.05, 4.69) is 0 Å². The highest BCUT2D eigenvalue weighted by atomic mass is 19.1. The second-order valence-corrected chi connectivity index (χ2v) is 3.51. The van der Waals surface area contributed by atoms with Crippen molar-refractivity contribution in [2.24, 2.45) is 0 Å². The second kappa shape index (κ2) is 6.20. The minimum absolute atomic E-state index is 0.113. The predicted octanol–water partition coefficient (Wildman–Crippen LogP) is 1.91. The second-order valence-electron chi connectivity index (χ2n) is 3.51. The molecular formula is C12H16FNO3. The highest BCUT2D eigenvalue weighted by Gasteiger charge is 2.12. The molecule has 0 aliphatic heterocycles. The number of hydrogen-bond acceptors (Lipinski definition) is 4. The van der Waals surface area contributed by atoms with Crippen molar-refractivity contribution in [1.29, 1.82) is 0 Å². The van der Waals surface area contributed by atoms with Crippen molar-refractivity contribution in [2.75, 3.05) is 25.6 Å². The summed E-state index contributed by atoms with van der Waals surface area (Å²) in [6, 6.07) is 2.52. The first-order valence-electron chi connectivity index (χ1n) is 5.36. The fourth-order valence-corrected chi connectivity index (χ4v) is 1.24. The van der Waals surface area contributed by atoms with Crippen molar-refractivity contribution < 1.29 is 18.7 Å². The van der Waals surface area contributed by atoms with Gasteiger partial charge < -0.3 is 15.2 Å². The largest absolute Gasteiger partial charge is 0.460 e. The van der Waals surface area contributed by atoms with Gasteiger partial charge in [0.1, 0.15) is 12.4 Å². The Kier molecular flexibility index (Phi) is 4.90. The molecule has 0 amide bonds. The Morgan fingerprint density at radius 2 is 2.12 bits per heavy atom. The van der Waals surface area contributed by atoms with Crippen LogP contribution in [0.1, 0.15) is 22.8 Å². The third-order valence-corrected chi connectivity index (χ3v) is 2.29. The summed E-state index contributed by atoms with van der Waals surface area (Å²) in [5.41, 5.74) is 6.24. The SMILES string of the molecule is CCOCCOC(=O)c1cc(N)c(C)c(F)c1. The first-order chi connectivity index (χ1) is 8.06. The number of benzene rings is 1. The van der Waals surface area contributed by atoms with Gasteiger partial charge in [0, 0.05) is 17.9 Å². The summed E-state index contributed by atoms with van der Waals surface area (Å²) in [6.45, 7) is 4.42. The van der Waals surface area contributed by atoms with E-state index < -0.39 is 11.8 Å². The summed E-state index contributed by atoms with van der Waals surface area (Å²) in [4.78, 5) is 11.5. The van der Waals surface area contributed by atoms with Crippen molar-refractivity contribution in [3.63, 3.8) is 0 Å². The zero-order valence-corrected chi connectivity index (χ0v) is 9.96. The van der Waals surface area contributed by atoms with Crippen LogP contribution in [0.4, 0.5) is 10.1 Å². The molecule has 1 aromatic carbocycles. The Morgan fingerprint density at radius 1 is 1.41 bits per heavy atom. The van der Waals surface area contributed by atoms with Crippen LogP contribution in [0.25, 0.3) is 0 Å². The van der Waals surface area contributed by atoms with Gasteiger partial charge in [-0.25, -0.2) is 9.18 Å². The molecule has 0 aliphatic carbocycles. The number of nitrogens with two attached hydrogens (primary N) is 1. The van der Waals surface area contributed by atoms with Crippen LogP contribution in [0.15, 0.2) is 12.1 Å². The van der Waals surface area contributed by atoms with Crippen LogP contribution >= 0.6 is 0 Å². The zero-order valence-electron chi connectivity index (χ0n) is 9.96. The molecule has 17 heavy (non-hydrogen) atoms. The maximum Gasteiger partial charge on any atom is 0.338 e. The molecule has 0 aromatic heterocycles. The smallest absolute Gasteiger partial charge is 0.338 e. The van der Waals surface area contributed by atoms with E-state index in [9.17, 15) is 9.18 Å². The van der Waals surface area contributed by atoms with Crippen molar-refractivity contribution in [2.45, 2.75) is 13.8 Å². The predicted molar refractivity (Wildman–Crippen MR) is 62.3 cm³/mol. The number of carbonyl (C=O) groups excluding carboxylic acids is 1. The van der Waals surface area contributed by atoms with Gasteiger partial charge in [-0.15, -0.1) is 0 Å². The molecule has 4 nitrogen and oxygen atoms in total. The molecule has 0 heterocycles. The molecule has 0 spiro atoms. The van der Waals surface area contributed by atoms with Crippen LogP contribution < -0.4 is 5.73 Å². The Bertz CT molecular complexity index is 384. The van der Waals surface area contributed by atoms with E-state index in [0.717, 1.165) is 6.07 Å². The average Bonchev–Trinajstić information content (AvgIpc) is 2.30. The van der Waals surface area contributed by atoms with E-state index in [1.54, 1.807) is 6.92 Å². The van der Waals surface area contributed by atoms with E-state index in [1.165, 1.54) is 6.07 Å². The molecule has 0 fully saturated rings. The Labute approximate surface area is 99.5 Å². The lowest BCUT2D eigenvalue weighted by Crippen LogP contribution is -2.12. The minimum Gasteiger partial charge on any atom is -0.460 e. The molecule has 2 N–H and O–H groups in total. The number of rotatable bonds is 5. The van der Waals surface area contributed by atoms with E-state index in [-0.39, 0.29) is 17.9 Å². The lowest BCUT2D eigenvalue weighted by Gasteiger charge is -2.07. The van der Waals surface area contributed by atoms with Crippen LogP contribution in [0.5, 0.6) is 0 Å². The van der Waals surface area contributed by atoms with E-state index in [4.69, 9.17) is 15.2 Å². The lowest BCUT2D eigenvalue weighted by atomic mass is 10.1. The molecule has 1 aromatic rings. The fraction of sp³-hybridized carbons (Fsp3) is 0.417. The Balaban J connectivity index is 2.63. The van der Waals surface area contributed by atoms with E-state index in [0.29, 0.717) is 18.8 Å². The minimum atomic E-state index is -0.602. The molecule has 0 bridgehead atoms. The zero-order chi connectivity index (χ0) is 12.8. The molecule has 0 atom stereocenters. The van der Waals surface area contributed by atoms with Gasteiger partial charge in [-0.05, 0) is 26.0 Å². The normalized spacial score (nSPS) is 10.3. The number of carbonyl (C=O) groups is 1. The van der Waals surface area contributed by atoms with Gasteiger partial charge in [0.05, 0.1) is 12.2 Å². The summed E-state index contributed by atoms with van der Waals surface area (Å²) < 4.78 is 23.2. The summed E-state index contributed by atoms with van der Waals surface area (Å²) >= 11 is 0. The van der Waals surface area contributed by atoms with Gasteiger partial charge in [0.25, 0.3) is 0 Å². The van der Waals surface area contributed by atoms with Crippen LogP contribution in [0.2, 0.25) is 0 Å². The highest BCUT2D eigenvalue weighted by Crippen LogP contribution is 2.18. The number of nitrogen functional groups attached to an aromatic ring is 1. The summed E-state index contributed by atoms with van der Waals surface area (Å²) in [6.07, 6.45) is 0.